The molecule has 0 unspecified atom stereocenters. The number of allylic oxidation sites excluding steroid dienone is 2. The lowest BCUT2D eigenvalue weighted by Crippen LogP contribution is -2.00. The van der Waals surface area contributed by atoms with Gasteiger partial charge in [0.1, 0.15) is 0 Å². The second-order valence-corrected chi connectivity index (χ2v) is 3.48. The van der Waals surface area contributed by atoms with Crippen LogP contribution in [0.2, 0.25) is 0 Å². The van der Waals surface area contributed by atoms with E-state index in [1.807, 2.05) is 18.2 Å². The van der Waals surface area contributed by atoms with Crippen LogP contribution in [0, 0.1) is 0 Å². The fourth-order valence-electron chi connectivity index (χ4n) is 1.60. The number of carbonyl (C=O) groups is 2. The van der Waals surface area contributed by atoms with Crippen molar-refractivity contribution in [2.24, 2.45) is 0 Å². The van der Waals surface area contributed by atoms with Crippen LogP contribution in [0.1, 0.15) is 12.0 Å². The van der Waals surface area contributed by atoms with E-state index < -0.39 is 11.6 Å². The van der Waals surface area contributed by atoms with Crippen LogP contribution < -0.4 is 0 Å². The minimum absolute atomic E-state index is 0.0196. The molecule has 0 saturated carbocycles. The summed E-state index contributed by atoms with van der Waals surface area (Å²) in [4.78, 5) is 22.2. The van der Waals surface area contributed by atoms with Gasteiger partial charge in [-0.1, -0.05) is 30.3 Å². The molecule has 0 spiro atoms. The molecule has 3 heteroatoms. The third-order valence-electron chi connectivity index (χ3n) is 2.39. The molecule has 0 amide bonds. The fourth-order valence-corrected chi connectivity index (χ4v) is 1.60. The van der Waals surface area contributed by atoms with Crippen LogP contribution in [0.3, 0.4) is 0 Å². The maximum atomic E-state index is 13.2. The maximum absolute atomic E-state index is 13.2. The second kappa shape index (κ2) is 3.77. The van der Waals surface area contributed by atoms with E-state index in [4.69, 9.17) is 0 Å². The molecule has 0 bridgehead atoms. The van der Waals surface area contributed by atoms with Gasteiger partial charge in [0, 0.05) is 12.0 Å². The average molecular weight is 204 g/mol. The Morgan fingerprint density at radius 1 is 1.07 bits per heavy atom. The number of rotatable bonds is 2. The van der Waals surface area contributed by atoms with Crippen LogP contribution in [0.4, 0.5) is 4.39 Å². The minimum Gasteiger partial charge on any atom is -0.294 e. The van der Waals surface area contributed by atoms with Crippen LogP contribution in [0.25, 0.3) is 0 Å². The largest absolute Gasteiger partial charge is 0.294 e. The molecule has 1 aliphatic carbocycles. The summed E-state index contributed by atoms with van der Waals surface area (Å²) in [6, 6.07) is 9.08. The normalized spacial score (nSPS) is 16.3. The molecule has 2 nitrogen and oxygen atoms in total. The highest BCUT2D eigenvalue weighted by Crippen LogP contribution is 2.23. The summed E-state index contributed by atoms with van der Waals surface area (Å²) in [6.07, 6.45) is -0.106. The molecule has 1 aliphatic rings. The molecule has 1 aromatic carbocycles. The summed E-state index contributed by atoms with van der Waals surface area (Å²) in [5.41, 5.74) is 0.858. The van der Waals surface area contributed by atoms with Crippen molar-refractivity contribution in [2.75, 3.05) is 0 Å². The van der Waals surface area contributed by atoms with E-state index in [1.54, 1.807) is 12.1 Å². The Morgan fingerprint density at radius 3 is 2.27 bits per heavy atom. The van der Waals surface area contributed by atoms with Gasteiger partial charge < -0.3 is 0 Å². The average Bonchev–Trinajstić information content (AvgIpc) is 2.47. The number of halogens is 1. The third kappa shape index (κ3) is 1.86. The lowest BCUT2D eigenvalue weighted by molar-refractivity contribution is -0.121. The van der Waals surface area contributed by atoms with E-state index in [0.717, 1.165) is 5.56 Å². The van der Waals surface area contributed by atoms with Gasteiger partial charge in [0.2, 0.25) is 0 Å². The standard InChI is InChI=1S/C12H9FO2/c13-12-9(10(14)7-11(12)15)6-8-4-2-1-3-5-8/h1-5H,6-7H2. The van der Waals surface area contributed by atoms with Crippen molar-refractivity contribution in [2.45, 2.75) is 12.8 Å². The zero-order valence-electron chi connectivity index (χ0n) is 8.00. The number of Topliss-reactive ketones (excluding diaryl/α,β-unsaturated/α-hetero) is 2. The topological polar surface area (TPSA) is 34.1 Å². The number of hydrogen-bond donors (Lipinski definition) is 0. The molecule has 2 rings (SSSR count). The van der Waals surface area contributed by atoms with Crippen molar-refractivity contribution >= 4 is 11.6 Å². The predicted octanol–water partition coefficient (Wildman–Crippen LogP) is 1.99. The number of hydrogen-bond acceptors (Lipinski definition) is 2. The van der Waals surface area contributed by atoms with E-state index in [1.165, 1.54) is 0 Å². The molecule has 0 saturated heterocycles. The lowest BCUT2D eigenvalue weighted by atomic mass is 10.0. The van der Waals surface area contributed by atoms with Crippen LogP contribution in [-0.4, -0.2) is 11.6 Å². The summed E-state index contributed by atoms with van der Waals surface area (Å²) in [5.74, 6) is -1.93. The van der Waals surface area contributed by atoms with E-state index in [9.17, 15) is 14.0 Å². The summed E-state index contributed by atoms with van der Waals surface area (Å²) in [6.45, 7) is 0. The molecule has 0 atom stereocenters. The number of benzene rings is 1. The second-order valence-electron chi connectivity index (χ2n) is 3.48. The first-order valence-corrected chi connectivity index (χ1v) is 4.67. The van der Waals surface area contributed by atoms with Gasteiger partial charge in [-0.15, -0.1) is 0 Å². The van der Waals surface area contributed by atoms with Crippen molar-refractivity contribution in [1.29, 1.82) is 0 Å². The monoisotopic (exact) mass is 204 g/mol. The van der Waals surface area contributed by atoms with Crippen LogP contribution >= 0.6 is 0 Å². The zero-order valence-corrected chi connectivity index (χ0v) is 8.00. The highest BCUT2D eigenvalue weighted by Gasteiger charge is 2.30. The fraction of sp³-hybridized carbons (Fsp3) is 0.167. The molecular formula is C12H9FO2. The van der Waals surface area contributed by atoms with Crippen molar-refractivity contribution in [3.63, 3.8) is 0 Å². The quantitative estimate of drug-likeness (QED) is 0.690. The molecule has 0 fully saturated rings. The SMILES string of the molecule is O=C1CC(=O)C(Cc2ccccc2)=C1F. The van der Waals surface area contributed by atoms with Crippen LogP contribution in [-0.2, 0) is 16.0 Å². The van der Waals surface area contributed by atoms with Gasteiger partial charge >= 0.3 is 0 Å². The molecule has 0 aromatic heterocycles. The van der Waals surface area contributed by atoms with Crippen molar-refractivity contribution in [3.8, 4) is 0 Å². The molecular weight excluding hydrogens is 195 g/mol. The smallest absolute Gasteiger partial charge is 0.199 e. The summed E-state index contributed by atoms with van der Waals surface area (Å²) >= 11 is 0. The Morgan fingerprint density at radius 2 is 1.73 bits per heavy atom. The molecule has 0 aliphatic heterocycles. The Bertz CT molecular complexity index is 446. The zero-order chi connectivity index (χ0) is 10.8. The van der Waals surface area contributed by atoms with Gasteiger partial charge in [-0.25, -0.2) is 4.39 Å². The van der Waals surface area contributed by atoms with Crippen molar-refractivity contribution in [3.05, 3.63) is 47.3 Å². The first kappa shape index (κ1) is 9.77. The molecule has 0 radical (unpaired) electrons. The van der Waals surface area contributed by atoms with Gasteiger partial charge in [-0.3, -0.25) is 9.59 Å². The Hall–Kier alpha value is -1.77. The molecule has 1 aromatic rings. The predicted molar refractivity (Wildman–Crippen MR) is 52.9 cm³/mol. The summed E-state index contributed by atoms with van der Waals surface area (Å²) in [5, 5.41) is 0. The Balaban J connectivity index is 2.27. The van der Waals surface area contributed by atoms with Gasteiger partial charge in [-0.05, 0) is 5.56 Å². The van der Waals surface area contributed by atoms with Crippen molar-refractivity contribution < 1.29 is 14.0 Å². The molecule has 0 heterocycles. The molecule has 0 N–H and O–H groups in total. The van der Waals surface area contributed by atoms with Crippen molar-refractivity contribution in [1.82, 2.24) is 0 Å². The number of carbonyl (C=O) groups excluding carboxylic acids is 2. The lowest BCUT2D eigenvalue weighted by Gasteiger charge is -2.00. The van der Waals surface area contributed by atoms with E-state index in [-0.39, 0.29) is 24.2 Å². The Kier molecular flexibility index (Phi) is 2.46. The molecule has 15 heavy (non-hydrogen) atoms. The number of ketones is 2. The first-order chi connectivity index (χ1) is 7.18. The summed E-state index contributed by atoms with van der Waals surface area (Å²) < 4.78 is 13.2. The maximum Gasteiger partial charge on any atom is 0.199 e. The van der Waals surface area contributed by atoms with E-state index in [2.05, 4.69) is 0 Å². The van der Waals surface area contributed by atoms with E-state index in [0.29, 0.717) is 0 Å². The Labute approximate surface area is 86.4 Å². The van der Waals surface area contributed by atoms with Gasteiger partial charge in [0.25, 0.3) is 0 Å². The van der Waals surface area contributed by atoms with Gasteiger partial charge in [0.05, 0.1) is 6.42 Å². The van der Waals surface area contributed by atoms with Crippen LogP contribution in [0.5, 0.6) is 0 Å². The third-order valence-corrected chi connectivity index (χ3v) is 2.39. The van der Waals surface area contributed by atoms with E-state index >= 15 is 0 Å². The van der Waals surface area contributed by atoms with Gasteiger partial charge in [-0.2, -0.15) is 0 Å². The first-order valence-electron chi connectivity index (χ1n) is 4.67. The minimum atomic E-state index is -0.858. The highest BCUT2D eigenvalue weighted by atomic mass is 19.1. The molecule has 76 valence electrons. The summed E-state index contributed by atoms with van der Waals surface area (Å²) in [7, 11) is 0. The van der Waals surface area contributed by atoms with Crippen LogP contribution in [0.15, 0.2) is 41.7 Å². The van der Waals surface area contributed by atoms with Gasteiger partial charge in [0.15, 0.2) is 17.4 Å². The highest BCUT2D eigenvalue weighted by molar-refractivity contribution is 6.21.